The van der Waals surface area contributed by atoms with Crippen molar-refractivity contribution in [3.8, 4) is 5.69 Å². The molecule has 0 unspecified atom stereocenters. The van der Waals surface area contributed by atoms with Crippen LogP contribution in [-0.2, 0) is 17.8 Å². The Morgan fingerprint density at radius 1 is 1.15 bits per heavy atom. The van der Waals surface area contributed by atoms with E-state index < -0.39 is 0 Å². The number of nitrogens with two attached hydrogens (primary N) is 1. The van der Waals surface area contributed by atoms with Gasteiger partial charge in [0.15, 0.2) is 5.82 Å². The maximum absolute atomic E-state index is 5.97. The molecule has 0 saturated heterocycles. The van der Waals surface area contributed by atoms with Crippen molar-refractivity contribution in [2.45, 2.75) is 13.0 Å². The van der Waals surface area contributed by atoms with Crippen molar-refractivity contribution in [2.75, 3.05) is 12.3 Å². The van der Waals surface area contributed by atoms with Crippen LogP contribution in [0.15, 0.2) is 30.6 Å². The summed E-state index contributed by atoms with van der Waals surface area (Å²) < 4.78 is 7.33. The quantitative estimate of drug-likeness (QED) is 0.722. The van der Waals surface area contributed by atoms with Crippen molar-refractivity contribution in [1.82, 2.24) is 19.7 Å². The van der Waals surface area contributed by atoms with Gasteiger partial charge in [-0.15, -0.1) is 0 Å². The minimum absolute atomic E-state index is 0.536. The number of aromatic nitrogens is 4. The van der Waals surface area contributed by atoms with Crippen LogP contribution in [0.3, 0.4) is 0 Å². The van der Waals surface area contributed by atoms with Gasteiger partial charge in [0.1, 0.15) is 0 Å². The SMILES string of the molecule is Nc1nn(-c2ccc3nccnc3c2)c2c1COCC2. The zero-order chi connectivity index (χ0) is 13.5. The van der Waals surface area contributed by atoms with E-state index in [4.69, 9.17) is 10.5 Å². The molecule has 0 spiro atoms. The topological polar surface area (TPSA) is 78.9 Å². The molecule has 1 aliphatic heterocycles. The molecule has 0 fully saturated rings. The molecule has 6 nitrogen and oxygen atoms in total. The molecule has 1 aromatic carbocycles. The highest BCUT2D eigenvalue weighted by molar-refractivity contribution is 5.76. The first-order valence-electron chi connectivity index (χ1n) is 6.48. The minimum Gasteiger partial charge on any atom is -0.382 e. The van der Waals surface area contributed by atoms with Gasteiger partial charge >= 0.3 is 0 Å². The summed E-state index contributed by atoms with van der Waals surface area (Å²) >= 11 is 0. The molecule has 3 heterocycles. The highest BCUT2D eigenvalue weighted by Gasteiger charge is 2.20. The molecule has 1 aliphatic rings. The lowest BCUT2D eigenvalue weighted by molar-refractivity contribution is 0.110. The van der Waals surface area contributed by atoms with E-state index in [1.165, 1.54) is 0 Å². The van der Waals surface area contributed by atoms with Gasteiger partial charge in [-0.25, -0.2) is 4.68 Å². The molecular formula is C14H13N5O. The zero-order valence-corrected chi connectivity index (χ0v) is 10.8. The van der Waals surface area contributed by atoms with Crippen LogP contribution in [0.4, 0.5) is 5.82 Å². The van der Waals surface area contributed by atoms with E-state index in [0.29, 0.717) is 19.0 Å². The monoisotopic (exact) mass is 267 g/mol. The van der Waals surface area contributed by atoms with Crippen LogP contribution in [0, 0.1) is 0 Å². The van der Waals surface area contributed by atoms with Crippen molar-refractivity contribution >= 4 is 16.9 Å². The fraction of sp³-hybridized carbons (Fsp3) is 0.214. The Hall–Kier alpha value is -2.47. The number of ether oxygens (including phenoxy) is 1. The van der Waals surface area contributed by atoms with Crippen LogP contribution in [0.25, 0.3) is 16.7 Å². The van der Waals surface area contributed by atoms with E-state index in [9.17, 15) is 0 Å². The third-order valence-corrected chi connectivity index (χ3v) is 3.55. The Balaban J connectivity index is 1.90. The van der Waals surface area contributed by atoms with Crippen LogP contribution >= 0.6 is 0 Å². The number of fused-ring (bicyclic) bond motifs is 2. The third kappa shape index (κ3) is 1.65. The van der Waals surface area contributed by atoms with Gasteiger partial charge in [-0.2, -0.15) is 5.10 Å². The normalized spacial score (nSPS) is 14.4. The highest BCUT2D eigenvalue weighted by atomic mass is 16.5. The Bertz CT molecular complexity index is 795. The second-order valence-corrected chi connectivity index (χ2v) is 4.75. The van der Waals surface area contributed by atoms with Crippen molar-refractivity contribution in [3.63, 3.8) is 0 Å². The second-order valence-electron chi connectivity index (χ2n) is 4.75. The molecule has 100 valence electrons. The Kier molecular flexibility index (Phi) is 2.43. The molecule has 2 aromatic heterocycles. The van der Waals surface area contributed by atoms with E-state index in [-0.39, 0.29) is 0 Å². The lowest BCUT2D eigenvalue weighted by atomic mass is 10.1. The Morgan fingerprint density at radius 3 is 2.90 bits per heavy atom. The summed E-state index contributed by atoms with van der Waals surface area (Å²) in [4.78, 5) is 8.60. The summed E-state index contributed by atoms with van der Waals surface area (Å²) in [7, 11) is 0. The van der Waals surface area contributed by atoms with Crippen LogP contribution in [0.2, 0.25) is 0 Å². The smallest absolute Gasteiger partial charge is 0.151 e. The Morgan fingerprint density at radius 2 is 2.00 bits per heavy atom. The van der Waals surface area contributed by atoms with Crippen LogP contribution in [0.1, 0.15) is 11.3 Å². The average molecular weight is 267 g/mol. The first-order chi connectivity index (χ1) is 9.83. The lowest BCUT2D eigenvalue weighted by Crippen LogP contribution is -2.13. The summed E-state index contributed by atoms with van der Waals surface area (Å²) in [6, 6.07) is 5.91. The Labute approximate surface area is 115 Å². The van der Waals surface area contributed by atoms with Crippen molar-refractivity contribution < 1.29 is 4.74 Å². The second kappa shape index (κ2) is 4.28. The van der Waals surface area contributed by atoms with Crippen molar-refractivity contribution in [1.29, 1.82) is 0 Å². The summed E-state index contributed by atoms with van der Waals surface area (Å²) in [5, 5.41) is 4.44. The number of nitrogen functional groups attached to an aromatic ring is 1. The largest absolute Gasteiger partial charge is 0.382 e. The fourth-order valence-electron chi connectivity index (χ4n) is 2.56. The van der Waals surface area contributed by atoms with E-state index >= 15 is 0 Å². The minimum atomic E-state index is 0.536. The molecule has 0 bridgehead atoms. The van der Waals surface area contributed by atoms with Crippen LogP contribution in [-0.4, -0.2) is 26.4 Å². The molecule has 20 heavy (non-hydrogen) atoms. The molecule has 3 aromatic rings. The first kappa shape index (κ1) is 11.4. The van der Waals surface area contributed by atoms with Gasteiger partial charge in [0, 0.05) is 24.4 Å². The predicted molar refractivity (Wildman–Crippen MR) is 74.4 cm³/mol. The molecular weight excluding hydrogens is 254 g/mol. The van der Waals surface area contributed by atoms with E-state index in [1.54, 1.807) is 12.4 Å². The molecule has 0 saturated carbocycles. The summed E-state index contributed by atoms with van der Waals surface area (Å²) in [5.41, 5.74) is 10.8. The zero-order valence-electron chi connectivity index (χ0n) is 10.8. The van der Waals surface area contributed by atoms with Gasteiger partial charge in [0.25, 0.3) is 0 Å². The highest BCUT2D eigenvalue weighted by Crippen LogP contribution is 2.26. The van der Waals surface area contributed by atoms with E-state index in [2.05, 4.69) is 15.1 Å². The third-order valence-electron chi connectivity index (χ3n) is 3.55. The number of hydrogen-bond donors (Lipinski definition) is 1. The first-order valence-corrected chi connectivity index (χ1v) is 6.48. The van der Waals surface area contributed by atoms with Gasteiger partial charge < -0.3 is 10.5 Å². The lowest BCUT2D eigenvalue weighted by Gasteiger charge is -2.14. The number of anilines is 1. The summed E-state index contributed by atoms with van der Waals surface area (Å²) in [6.45, 7) is 1.24. The van der Waals surface area contributed by atoms with Gasteiger partial charge in [0.05, 0.1) is 35.6 Å². The number of nitrogens with zero attached hydrogens (tertiary/aromatic N) is 4. The number of hydrogen-bond acceptors (Lipinski definition) is 5. The van der Waals surface area contributed by atoms with E-state index in [0.717, 1.165) is 34.4 Å². The molecule has 0 radical (unpaired) electrons. The molecule has 0 amide bonds. The van der Waals surface area contributed by atoms with Crippen LogP contribution < -0.4 is 5.73 Å². The maximum atomic E-state index is 5.97. The number of rotatable bonds is 1. The molecule has 0 aliphatic carbocycles. The maximum Gasteiger partial charge on any atom is 0.151 e. The standard InChI is InChI=1S/C14H13N5O/c15-14-10-8-20-6-3-13(10)19(18-14)9-1-2-11-12(7-9)17-5-4-16-11/h1-2,4-5,7H,3,6,8H2,(H2,15,18). The molecule has 2 N–H and O–H groups in total. The van der Waals surface area contributed by atoms with Gasteiger partial charge in [-0.1, -0.05) is 0 Å². The van der Waals surface area contributed by atoms with Crippen LogP contribution in [0.5, 0.6) is 0 Å². The molecule has 4 rings (SSSR count). The fourth-order valence-corrected chi connectivity index (χ4v) is 2.56. The van der Waals surface area contributed by atoms with E-state index in [1.807, 2.05) is 22.9 Å². The molecule has 0 atom stereocenters. The average Bonchev–Trinajstić information content (AvgIpc) is 2.85. The number of benzene rings is 1. The van der Waals surface area contributed by atoms with Gasteiger partial charge in [-0.3, -0.25) is 9.97 Å². The van der Waals surface area contributed by atoms with Gasteiger partial charge in [0.2, 0.25) is 0 Å². The molecule has 6 heteroatoms. The summed E-state index contributed by atoms with van der Waals surface area (Å²) in [5.74, 6) is 0.541. The van der Waals surface area contributed by atoms with Crippen molar-refractivity contribution in [3.05, 3.63) is 41.9 Å². The van der Waals surface area contributed by atoms with Gasteiger partial charge in [-0.05, 0) is 18.2 Å². The predicted octanol–water partition coefficient (Wildman–Crippen LogP) is 1.47. The summed E-state index contributed by atoms with van der Waals surface area (Å²) in [6.07, 6.45) is 4.19. The van der Waals surface area contributed by atoms with Crippen molar-refractivity contribution in [2.24, 2.45) is 0 Å².